The molecule has 36 heavy (non-hydrogen) atoms. The lowest BCUT2D eigenvalue weighted by Gasteiger charge is -2.35. The number of aliphatic hydroxyl groups is 1. The van der Waals surface area contributed by atoms with Gasteiger partial charge in [-0.3, -0.25) is 4.31 Å². The van der Waals surface area contributed by atoms with Crippen molar-refractivity contribution >= 4 is 15.7 Å². The second kappa shape index (κ2) is 10.9. The number of para-hydroxylation sites is 1. The van der Waals surface area contributed by atoms with Crippen LogP contribution in [0.3, 0.4) is 0 Å². The molecule has 7 nitrogen and oxygen atoms in total. The Labute approximate surface area is 212 Å². The van der Waals surface area contributed by atoms with Gasteiger partial charge in [-0.15, -0.1) is 0 Å². The summed E-state index contributed by atoms with van der Waals surface area (Å²) in [4.78, 5) is 13.4. The van der Waals surface area contributed by atoms with Gasteiger partial charge in [0, 0.05) is 12.0 Å². The molecule has 0 radical (unpaired) electrons. The number of aliphatic hydroxyl groups excluding tert-OH is 1. The van der Waals surface area contributed by atoms with Gasteiger partial charge in [0.25, 0.3) is 10.0 Å². The molecule has 1 aliphatic carbocycles. The molecule has 1 aliphatic rings. The Morgan fingerprint density at radius 3 is 2.33 bits per heavy atom. The highest BCUT2D eigenvalue weighted by atomic mass is 32.2. The summed E-state index contributed by atoms with van der Waals surface area (Å²) in [5, 5.41) is 21.0. The molecule has 0 amide bonds. The summed E-state index contributed by atoms with van der Waals surface area (Å²) in [6, 6.07) is 13.6. The molecule has 0 saturated heterocycles. The van der Waals surface area contributed by atoms with Gasteiger partial charge < -0.3 is 14.6 Å². The Bertz CT molecular complexity index is 1360. The molecule has 1 heterocycles. The van der Waals surface area contributed by atoms with Crippen molar-refractivity contribution in [3.8, 4) is 5.75 Å². The molecule has 3 aromatic rings. The van der Waals surface area contributed by atoms with Gasteiger partial charge >= 0.3 is 5.63 Å². The number of sulfonamides is 1. The first kappa shape index (κ1) is 26.0. The van der Waals surface area contributed by atoms with Crippen LogP contribution in [0.4, 0.5) is 5.69 Å². The van der Waals surface area contributed by atoms with E-state index in [0.717, 1.165) is 25.7 Å². The number of aromatic hydroxyl groups is 1. The SMILES string of the molecule is CC(C)C(c1c(O)c2c(oc1=O)CCCCCC2)N(c1ccccc1)S(=O)(=O)c1cccc(CO)c1. The van der Waals surface area contributed by atoms with Crippen molar-refractivity contribution in [3.05, 3.63) is 87.5 Å². The first-order valence-electron chi connectivity index (χ1n) is 12.4. The van der Waals surface area contributed by atoms with E-state index in [1.54, 1.807) is 42.5 Å². The average molecular weight is 512 g/mol. The van der Waals surface area contributed by atoms with E-state index in [2.05, 4.69) is 0 Å². The van der Waals surface area contributed by atoms with Crippen LogP contribution in [0.15, 0.2) is 68.7 Å². The first-order chi connectivity index (χ1) is 17.3. The molecule has 0 bridgehead atoms. The fourth-order valence-corrected chi connectivity index (χ4v) is 6.77. The number of anilines is 1. The van der Waals surface area contributed by atoms with E-state index < -0.39 is 21.7 Å². The van der Waals surface area contributed by atoms with Crippen molar-refractivity contribution in [1.82, 2.24) is 0 Å². The van der Waals surface area contributed by atoms with Crippen molar-refractivity contribution in [2.24, 2.45) is 5.92 Å². The van der Waals surface area contributed by atoms with Crippen molar-refractivity contribution in [2.75, 3.05) is 4.31 Å². The third kappa shape index (κ3) is 5.06. The van der Waals surface area contributed by atoms with E-state index in [1.807, 2.05) is 13.8 Å². The van der Waals surface area contributed by atoms with Gasteiger partial charge in [-0.1, -0.05) is 57.0 Å². The highest BCUT2D eigenvalue weighted by Crippen LogP contribution is 2.41. The Kier molecular flexibility index (Phi) is 7.85. The van der Waals surface area contributed by atoms with E-state index in [9.17, 15) is 23.4 Å². The maximum Gasteiger partial charge on any atom is 0.345 e. The molecule has 0 aliphatic heterocycles. The van der Waals surface area contributed by atoms with Crippen LogP contribution in [0.1, 0.15) is 68.0 Å². The first-order valence-corrected chi connectivity index (χ1v) is 13.9. The normalized spacial score (nSPS) is 15.1. The third-order valence-electron chi connectivity index (χ3n) is 6.72. The van der Waals surface area contributed by atoms with Crippen LogP contribution in [0.2, 0.25) is 0 Å². The minimum absolute atomic E-state index is 0.0151. The molecule has 192 valence electrons. The summed E-state index contributed by atoms with van der Waals surface area (Å²) in [6.07, 6.45) is 4.92. The van der Waals surface area contributed by atoms with Crippen molar-refractivity contribution in [3.63, 3.8) is 0 Å². The van der Waals surface area contributed by atoms with E-state index in [-0.39, 0.29) is 28.7 Å². The minimum atomic E-state index is -4.22. The fraction of sp³-hybridized carbons (Fsp3) is 0.393. The highest BCUT2D eigenvalue weighted by Gasteiger charge is 2.39. The molecule has 0 fully saturated rings. The van der Waals surface area contributed by atoms with Crippen LogP contribution in [-0.2, 0) is 29.5 Å². The largest absolute Gasteiger partial charge is 0.507 e. The number of nitrogens with zero attached hydrogens (tertiary/aromatic N) is 1. The fourth-order valence-electron chi connectivity index (χ4n) is 4.94. The van der Waals surface area contributed by atoms with Crippen LogP contribution in [-0.4, -0.2) is 18.6 Å². The van der Waals surface area contributed by atoms with Gasteiger partial charge in [0.2, 0.25) is 0 Å². The van der Waals surface area contributed by atoms with Crippen molar-refractivity contribution in [1.29, 1.82) is 0 Å². The van der Waals surface area contributed by atoms with Gasteiger partial charge in [0.15, 0.2) is 0 Å². The Balaban J connectivity index is 1.97. The molecule has 0 saturated carbocycles. The maximum absolute atomic E-state index is 14.2. The second-order valence-corrected chi connectivity index (χ2v) is 11.4. The Morgan fingerprint density at radius 2 is 1.67 bits per heavy atom. The molecule has 8 heteroatoms. The van der Waals surface area contributed by atoms with E-state index in [4.69, 9.17) is 4.42 Å². The standard InChI is InChI=1S/C28H33NO6S/c1-19(2)26(25-27(31)23-15-8-3-4-9-16-24(23)35-28(25)32)29(21-12-6-5-7-13-21)36(33,34)22-14-10-11-20(17-22)18-30/h5-7,10-14,17,19,26,30-31H,3-4,8-9,15-16,18H2,1-2H3. The summed E-state index contributed by atoms with van der Waals surface area (Å²) >= 11 is 0. The van der Waals surface area contributed by atoms with Crippen molar-refractivity contribution < 1.29 is 23.0 Å². The highest BCUT2D eigenvalue weighted by molar-refractivity contribution is 7.92. The number of hydrogen-bond acceptors (Lipinski definition) is 6. The Hall–Kier alpha value is -3.10. The molecular formula is C28H33NO6S. The lowest BCUT2D eigenvalue weighted by Crippen LogP contribution is -2.40. The summed E-state index contributed by atoms with van der Waals surface area (Å²) in [6.45, 7) is 3.32. The molecular weight excluding hydrogens is 478 g/mol. The molecule has 1 unspecified atom stereocenters. The van der Waals surface area contributed by atoms with Crippen LogP contribution in [0.25, 0.3) is 0 Å². The number of rotatable bonds is 7. The summed E-state index contributed by atoms with van der Waals surface area (Å²) in [5.41, 5.74) is 0.647. The zero-order valence-electron chi connectivity index (χ0n) is 20.7. The summed E-state index contributed by atoms with van der Waals surface area (Å²) < 4.78 is 35.3. The monoisotopic (exact) mass is 511 g/mol. The quantitative estimate of drug-likeness (QED) is 0.458. The summed E-state index contributed by atoms with van der Waals surface area (Å²) in [7, 11) is -4.22. The predicted molar refractivity (Wildman–Crippen MR) is 139 cm³/mol. The molecule has 1 atom stereocenters. The van der Waals surface area contributed by atoms with Crippen LogP contribution < -0.4 is 9.93 Å². The van der Waals surface area contributed by atoms with E-state index >= 15 is 0 Å². The smallest absolute Gasteiger partial charge is 0.345 e. The average Bonchev–Trinajstić information content (AvgIpc) is 2.85. The molecule has 2 aromatic carbocycles. The van der Waals surface area contributed by atoms with Crippen LogP contribution in [0.5, 0.6) is 5.75 Å². The van der Waals surface area contributed by atoms with Gasteiger partial charge in [-0.05, 0) is 55.0 Å². The molecule has 0 spiro atoms. The number of hydrogen-bond donors (Lipinski definition) is 2. The van der Waals surface area contributed by atoms with Crippen molar-refractivity contribution in [2.45, 2.75) is 69.9 Å². The van der Waals surface area contributed by atoms with Gasteiger partial charge in [0.1, 0.15) is 17.1 Å². The number of aryl methyl sites for hydroxylation is 1. The maximum atomic E-state index is 14.2. The van der Waals surface area contributed by atoms with Crippen LogP contribution >= 0.6 is 0 Å². The lowest BCUT2D eigenvalue weighted by atomic mass is 9.91. The van der Waals surface area contributed by atoms with Gasteiger partial charge in [-0.25, -0.2) is 13.2 Å². The second-order valence-electron chi connectivity index (χ2n) is 9.60. The number of fused-ring (bicyclic) bond motifs is 1. The Morgan fingerprint density at radius 1 is 0.972 bits per heavy atom. The van der Waals surface area contributed by atoms with Crippen LogP contribution in [0, 0.1) is 5.92 Å². The third-order valence-corrected chi connectivity index (χ3v) is 8.53. The van der Waals surface area contributed by atoms with E-state index in [1.165, 1.54) is 16.4 Å². The van der Waals surface area contributed by atoms with Gasteiger partial charge in [0.05, 0.1) is 23.2 Å². The van der Waals surface area contributed by atoms with Gasteiger partial charge in [-0.2, -0.15) is 0 Å². The molecule has 1 aromatic heterocycles. The topological polar surface area (TPSA) is 108 Å². The zero-order chi connectivity index (χ0) is 25.9. The molecule has 4 rings (SSSR count). The summed E-state index contributed by atoms with van der Waals surface area (Å²) in [5.74, 6) is -0.0586. The predicted octanol–water partition coefficient (Wildman–Crippen LogP) is 5.09. The lowest BCUT2D eigenvalue weighted by molar-refractivity contribution is 0.281. The number of benzene rings is 2. The minimum Gasteiger partial charge on any atom is -0.507 e. The molecule has 2 N–H and O–H groups in total. The van der Waals surface area contributed by atoms with E-state index in [0.29, 0.717) is 35.4 Å². The zero-order valence-corrected chi connectivity index (χ0v) is 21.5.